The standard InChI is InChI=1S/C21H27N.C2H4/c1-6-8-18(7-2)19-10-9-16(5)20(13-19)21-12-17(14-22-21)11-15(3)4;1-2/h6-10,12-15,22H,11H2,1-5H3;1-2H2/b8-6-,18-7+;. The van der Waals surface area contributed by atoms with Crippen LogP contribution in [0.15, 0.2) is 61.8 Å². The van der Waals surface area contributed by atoms with Gasteiger partial charge >= 0.3 is 0 Å². The first kappa shape index (κ1) is 19.8. The lowest BCUT2D eigenvalue weighted by molar-refractivity contribution is 0.648. The van der Waals surface area contributed by atoms with E-state index < -0.39 is 0 Å². The number of hydrogen-bond acceptors (Lipinski definition) is 0. The fraction of sp³-hybridized carbons (Fsp3) is 0.304. The molecule has 0 spiro atoms. The Kier molecular flexibility index (Phi) is 8.05. The molecule has 0 atom stereocenters. The highest BCUT2D eigenvalue weighted by Crippen LogP contribution is 2.28. The molecular weight excluding hydrogens is 290 g/mol. The number of aromatic amines is 1. The largest absolute Gasteiger partial charge is 0.361 e. The molecule has 0 radical (unpaired) electrons. The number of nitrogens with one attached hydrogen (secondary N) is 1. The molecule has 0 unspecified atom stereocenters. The highest BCUT2D eigenvalue weighted by atomic mass is 14.7. The van der Waals surface area contributed by atoms with Crippen molar-refractivity contribution in [1.29, 1.82) is 0 Å². The first-order valence-electron chi connectivity index (χ1n) is 8.62. The molecule has 1 heterocycles. The average Bonchev–Trinajstić information content (AvgIpc) is 3.02. The Morgan fingerprint density at radius 3 is 2.46 bits per heavy atom. The Morgan fingerprint density at radius 1 is 1.17 bits per heavy atom. The lowest BCUT2D eigenvalue weighted by Crippen LogP contribution is -1.91. The Morgan fingerprint density at radius 2 is 1.88 bits per heavy atom. The van der Waals surface area contributed by atoms with Gasteiger partial charge in [0.2, 0.25) is 0 Å². The van der Waals surface area contributed by atoms with Gasteiger partial charge < -0.3 is 4.98 Å². The number of aryl methyl sites for hydroxylation is 1. The lowest BCUT2D eigenvalue weighted by atomic mass is 9.97. The van der Waals surface area contributed by atoms with Crippen LogP contribution >= 0.6 is 0 Å². The summed E-state index contributed by atoms with van der Waals surface area (Å²) < 4.78 is 0. The molecule has 0 fully saturated rings. The summed E-state index contributed by atoms with van der Waals surface area (Å²) in [6, 6.07) is 8.99. The van der Waals surface area contributed by atoms with Gasteiger partial charge in [0.05, 0.1) is 0 Å². The van der Waals surface area contributed by atoms with Crippen LogP contribution in [0.25, 0.3) is 16.8 Å². The molecule has 0 amide bonds. The predicted octanol–water partition coefficient (Wildman–Crippen LogP) is 6.97. The number of rotatable bonds is 5. The summed E-state index contributed by atoms with van der Waals surface area (Å²) in [5, 5.41) is 0. The zero-order valence-corrected chi connectivity index (χ0v) is 15.8. The molecule has 128 valence electrons. The van der Waals surface area contributed by atoms with E-state index >= 15 is 0 Å². The van der Waals surface area contributed by atoms with Gasteiger partial charge in [-0.15, -0.1) is 13.2 Å². The Balaban J connectivity index is 0.00000139. The number of allylic oxidation sites excluding steroid dienone is 4. The fourth-order valence-electron chi connectivity index (χ4n) is 2.81. The van der Waals surface area contributed by atoms with Gasteiger partial charge in [0.1, 0.15) is 0 Å². The zero-order chi connectivity index (χ0) is 18.1. The summed E-state index contributed by atoms with van der Waals surface area (Å²) in [6.07, 6.45) is 9.67. The topological polar surface area (TPSA) is 15.8 Å². The average molecular weight is 322 g/mol. The molecule has 2 aromatic rings. The van der Waals surface area contributed by atoms with Crippen molar-refractivity contribution >= 4 is 5.57 Å². The molecule has 24 heavy (non-hydrogen) atoms. The normalized spacial score (nSPS) is 11.7. The molecule has 2 rings (SSSR count). The minimum atomic E-state index is 0.681. The van der Waals surface area contributed by atoms with Crippen molar-refractivity contribution in [3.05, 3.63) is 78.5 Å². The van der Waals surface area contributed by atoms with Crippen LogP contribution in [-0.2, 0) is 6.42 Å². The van der Waals surface area contributed by atoms with Crippen molar-refractivity contribution in [2.75, 3.05) is 0 Å². The van der Waals surface area contributed by atoms with Crippen molar-refractivity contribution in [3.8, 4) is 11.3 Å². The quantitative estimate of drug-likeness (QED) is 0.452. The molecule has 0 saturated heterocycles. The zero-order valence-electron chi connectivity index (χ0n) is 15.8. The van der Waals surface area contributed by atoms with Crippen LogP contribution in [0.3, 0.4) is 0 Å². The van der Waals surface area contributed by atoms with E-state index in [9.17, 15) is 0 Å². The van der Waals surface area contributed by atoms with Crippen LogP contribution in [0.5, 0.6) is 0 Å². The van der Waals surface area contributed by atoms with Gasteiger partial charge in [-0.25, -0.2) is 0 Å². The third-order valence-corrected chi connectivity index (χ3v) is 3.91. The van der Waals surface area contributed by atoms with Crippen molar-refractivity contribution < 1.29 is 0 Å². The van der Waals surface area contributed by atoms with E-state index in [1.807, 2.05) is 0 Å². The first-order chi connectivity index (χ1) is 11.5. The van der Waals surface area contributed by atoms with Crippen molar-refractivity contribution in [1.82, 2.24) is 4.98 Å². The third-order valence-electron chi connectivity index (χ3n) is 3.91. The smallest absolute Gasteiger partial charge is 0.0459 e. The highest BCUT2D eigenvalue weighted by Gasteiger charge is 2.08. The molecular formula is C23H31N. The maximum atomic E-state index is 3.45. The van der Waals surface area contributed by atoms with Crippen LogP contribution in [0.4, 0.5) is 0 Å². The number of H-pyrrole nitrogens is 1. The number of benzene rings is 1. The van der Waals surface area contributed by atoms with Crippen LogP contribution < -0.4 is 0 Å². The van der Waals surface area contributed by atoms with Crippen molar-refractivity contribution in [2.24, 2.45) is 5.92 Å². The molecule has 1 N–H and O–H groups in total. The lowest BCUT2D eigenvalue weighted by Gasteiger charge is -2.09. The van der Waals surface area contributed by atoms with Gasteiger partial charge in [0, 0.05) is 17.5 Å². The molecule has 0 saturated carbocycles. The molecule has 1 aromatic carbocycles. The van der Waals surface area contributed by atoms with E-state index in [2.05, 4.69) is 101 Å². The fourth-order valence-corrected chi connectivity index (χ4v) is 2.81. The second-order valence-corrected chi connectivity index (χ2v) is 6.29. The second kappa shape index (κ2) is 9.77. The Labute approximate surface area is 147 Å². The van der Waals surface area contributed by atoms with Gasteiger partial charge in [-0.1, -0.05) is 44.2 Å². The summed E-state index contributed by atoms with van der Waals surface area (Å²) in [4.78, 5) is 3.45. The minimum Gasteiger partial charge on any atom is -0.361 e. The van der Waals surface area contributed by atoms with Crippen molar-refractivity contribution in [3.63, 3.8) is 0 Å². The van der Waals surface area contributed by atoms with E-state index in [4.69, 9.17) is 0 Å². The van der Waals surface area contributed by atoms with Gasteiger partial charge in [-0.05, 0) is 67.5 Å². The first-order valence-corrected chi connectivity index (χ1v) is 8.62. The van der Waals surface area contributed by atoms with Gasteiger partial charge in [0.25, 0.3) is 0 Å². The monoisotopic (exact) mass is 321 g/mol. The van der Waals surface area contributed by atoms with E-state index in [1.54, 1.807) is 0 Å². The molecule has 0 bridgehead atoms. The molecule has 0 aliphatic heterocycles. The summed E-state index contributed by atoms with van der Waals surface area (Å²) in [7, 11) is 0. The summed E-state index contributed by atoms with van der Waals surface area (Å²) in [5.74, 6) is 0.681. The Hall–Kier alpha value is -2.28. The van der Waals surface area contributed by atoms with Crippen molar-refractivity contribution in [2.45, 2.75) is 41.0 Å². The number of hydrogen-bond donors (Lipinski definition) is 1. The van der Waals surface area contributed by atoms with E-state index in [0.29, 0.717) is 5.92 Å². The maximum absolute atomic E-state index is 3.45. The predicted molar refractivity (Wildman–Crippen MR) is 109 cm³/mol. The van der Waals surface area contributed by atoms with Crippen LogP contribution in [0.1, 0.15) is 44.4 Å². The molecule has 0 aliphatic carbocycles. The molecule has 1 heteroatoms. The maximum Gasteiger partial charge on any atom is 0.0459 e. The van der Waals surface area contributed by atoms with Crippen LogP contribution in [-0.4, -0.2) is 4.98 Å². The van der Waals surface area contributed by atoms with Gasteiger partial charge in [0.15, 0.2) is 0 Å². The molecule has 0 aliphatic rings. The van der Waals surface area contributed by atoms with Crippen LogP contribution in [0, 0.1) is 12.8 Å². The van der Waals surface area contributed by atoms with E-state index in [-0.39, 0.29) is 0 Å². The third kappa shape index (κ3) is 5.13. The summed E-state index contributed by atoms with van der Waals surface area (Å²) >= 11 is 0. The van der Waals surface area contributed by atoms with E-state index in [0.717, 1.165) is 6.42 Å². The van der Waals surface area contributed by atoms with Gasteiger partial charge in [-0.3, -0.25) is 0 Å². The molecule has 1 aromatic heterocycles. The molecule has 1 nitrogen and oxygen atoms in total. The highest BCUT2D eigenvalue weighted by molar-refractivity contribution is 5.78. The van der Waals surface area contributed by atoms with Gasteiger partial charge in [-0.2, -0.15) is 0 Å². The summed E-state index contributed by atoms with van der Waals surface area (Å²) in [5.41, 5.74) is 7.72. The number of aromatic nitrogens is 1. The minimum absolute atomic E-state index is 0.681. The Bertz CT molecular complexity index is 699. The second-order valence-electron chi connectivity index (χ2n) is 6.29. The van der Waals surface area contributed by atoms with E-state index in [1.165, 1.54) is 33.5 Å². The van der Waals surface area contributed by atoms with Crippen LogP contribution in [0.2, 0.25) is 0 Å². The summed E-state index contributed by atoms with van der Waals surface area (Å²) in [6.45, 7) is 16.8. The SMILES string of the molecule is C/C=C\C(=C/C)c1ccc(C)c(-c2cc(CC(C)C)c[nH]2)c1.C=C.